The highest BCUT2D eigenvalue weighted by atomic mass is 32.1. The van der Waals surface area contributed by atoms with E-state index in [1.807, 2.05) is 30.3 Å². The van der Waals surface area contributed by atoms with E-state index < -0.39 is 5.91 Å². The van der Waals surface area contributed by atoms with E-state index in [1.165, 1.54) is 11.3 Å². The van der Waals surface area contributed by atoms with E-state index in [4.69, 9.17) is 5.73 Å². The van der Waals surface area contributed by atoms with E-state index in [0.29, 0.717) is 22.9 Å². The predicted molar refractivity (Wildman–Crippen MR) is 98.1 cm³/mol. The number of thiazole rings is 1. The Morgan fingerprint density at radius 2 is 1.96 bits per heavy atom. The molecule has 3 rings (SSSR count). The zero-order valence-electron chi connectivity index (χ0n) is 13.9. The molecule has 7 nitrogen and oxygen atoms in total. The fourth-order valence-electron chi connectivity index (χ4n) is 2.36. The van der Waals surface area contributed by atoms with Gasteiger partial charge in [-0.05, 0) is 5.56 Å². The van der Waals surface area contributed by atoms with Crippen LogP contribution in [-0.4, -0.2) is 38.2 Å². The van der Waals surface area contributed by atoms with Crippen molar-refractivity contribution in [3.63, 3.8) is 0 Å². The summed E-state index contributed by atoms with van der Waals surface area (Å²) in [6.07, 6.45) is 4.85. The third-order valence-electron chi connectivity index (χ3n) is 3.64. The summed E-state index contributed by atoms with van der Waals surface area (Å²) >= 11 is 1.33. The molecule has 2 amide bonds. The largest absolute Gasteiger partial charge is 0.370 e. The van der Waals surface area contributed by atoms with Crippen molar-refractivity contribution in [2.45, 2.75) is 13.0 Å². The second kappa shape index (κ2) is 8.30. The highest BCUT2D eigenvalue weighted by Gasteiger charge is 2.20. The van der Waals surface area contributed by atoms with Gasteiger partial charge in [-0.3, -0.25) is 19.6 Å². The minimum Gasteiger partial charge on any atom is -0.370 e. The van der Waals surface area contributed by atoms with Gasteiger partial charge in [-0.15, -0.1) is 11.3 Å². The number of amides is 2. The van der Waals surface area contributed by atoms with Crippen molar-refractivity contribution >= 4 is 23.2 Å². The fourth-order valence-corrected chi connectivity index (χ4v) is 3.12. The average Bonchev–Trinajstić information content (AvgIpc) is 3.16. The van der Waals surface area contributed by atoms with E-state index in [0.717, 1.165) is 5.56 Å². The van der Waals surface area contributed by atoms with Gasteiger partial charge in [0.2, 0.25) is 5.91 Å². The molecule has 0 fully saturated rings. The molecule has 0 aliphatic rings. The Labute approximate surface area is 154 Å². The molecule has 26 heavy (non-hydrogen) atoms. The Morgan fingerprint density at radius 1 is 1.15 bits per heavy atom. The Balaban J connectivity index is 1.80. The van der Waals surface area contributed by atoms with Crippen molar-refractivity contribution in [2.24, 2.45) is 5.73 Å². The van der Waals surface area contributed by atoms with Crippen LogP contribution in [0.1, 0.15) is 22.5 Å². The summed E-state index contributed by atoms with van der Waals surface area (Å²) in [6.45, 7) is 0.617. The summed E-state index contributed by atoms with van der Waals surface area (Å²) in [5.41, 5.74) is 7.14. The van der Waals surface area contributed by atoms with Crippen LogP contribution >= 0.6 is 11.3 Å². The molecule has 2 aromatic heterocycles. The number of rotatable bonds is 7. The van der Waals surface area contributed by atoms with Gasteiger partial charge in [-0.25, -0.2) is 4.98 Å². The first kappa shape index (κ1) is 17.7. The minimum absolute atomic E-state index is 0.0970. The van der Waals surface area contributed by atoms with Crippen molar-refractivity contribution in [1.29, 1.82) is 0 Å². The molecule has 0 saturated heterocycles. The lowest BCUT2D eigenvalue weighted by Gasteiger charge is -2.21. The van der Waals surface area contributed by atoms with E-state index in [2.05, 4.69) is 15.0 Å². The van der Waals surface area contributed by atoms with E-state index in [9.17, 15) is 9.59 Å². The van der Waals surface area contributed by atoms with Crippen LogP contribution in [-0.2, 0) is 11.3 Å². The van der Waals surface area contributed by atoms with Crippen molar-refractivity contribution in [3.8, 4) is 10.7 Å². The monoisotopic (exact) mass is 367 g/mol. The summed E-state index contributed by atoms with van der Waals surface area (Å²) < 4.78 is 0. The van der Waals surface area contributed by atoms with Gasteiger partial charge in [0.15, 0.2) is 0 Å². The quantitative estimate of drug-likeness (QED) is 0.689. The van der Waals surface area contributed by atoms with Crippen LogP contribution in [0.15, 0.2) is 54.3 Å². The average molecular weight is 367 g/mol. The van der Waals surface area contributed by atoms with Crippen molar-refractivity contribution in [1.82, 2.24) is 19.9 Å². The van der Waals surface area contributed by atoms with Crippen LogP contribution < -0.4 is 5.73 Å². The topological polar surface area (TPSA) is 102 Å². The number of carbonyl (C=O) groups excluding carboxylic acids is 2. The van der Waals surface area contributed by atoms with Crippen molar-refractivity contribution in [3.05, 3.63) is 65.6 Å². The molecule has 0 aliphatic carbocycles. The maximum absolute atomic E-state index is 12.9. The second-order valence-corrected chi connectivity index (χ2v) is 6.42. The van der Waals surface area contributed by atoms with Gasteiger partial charge < -0.3 is 10.6 Å². The molecule has 132 valence electrons. The van der Waals surface area contributed by atoms with Crippen LogP contribution in [0.3, 0.4) is 0 Å². The molecule has 2 heterocycles. The summed E-state index contributed by atoms with van der Waals surface area (Å²) in [5.74, 6) is -0.698. The van der Waals surface area contributed by atoms with Crippen LogP contribution in [0.25, 0.3) is 10.7 Å². The summed E-state index contributed by atoms with van der Waals surface area (Å²) in [4.78, 5) is 38.2. The van der Waals surface area contributed by atoms with Gasteiger partial charge in [0.05, 0.1) is 6.20 Å². The Morgan fingerprint density at radius 3 is 2.65 bits per heavy atom. The molecule has 2 N–H and O–H groups in total. The minimum atomic E-state index is -0.450. The first-order chi connectivity index (χ1) is 12.6. The highest BCUT2D eigenvalue weighted by Crippen LogP contribution is 2.22. The van der Waals surface area contributed by atoms with E-state index in [-0.39, 0.29) is 18.9 Å². The molecular formula is C18H17N5O2S. The maximum atomic E-state index is 12.9. The third kappa shape index (κ3) is 4.48. The number of nitrogens with zero attached hydrogens (tertiary/aromatic N) is 4. The molecule has 0 spiro atoms. The molecule has 8 heteroatoms. The Kier molecular flexibility index (Phi) is 5.65. The van der Waals surface area contributed by atoms with Crippen LogP contribution in [0, 0.1) is 0 Å². The predicted octanol–water partition coefficient (Wildman–Crippen LogP) is 2.12. The number of hydrogen-bond acceptors (Lipinski definition) is 6. The SMILES string of the molecule is NC(=O)CCN(Cc1ccccc1)C(=O)c1csc(-c2cnccn2)n1. The standard InChI is InChI=1S/C18H17N5O2S/c19-16(24)6-9-23(11-13-4-2-1-3-5-13)18(25)15-12-26-17(22-15)14-10-20-7-8-21-14/h1-5,7-8,10,12H,6,9,11H2,(H2,19,24). The van der Waals surface area contributed by atoms with Gasteiger partial charge in [0.25, 0.3) is 5.91 Å². The second-order valence-electron chi connectivity index (χ2n) is 5.56. The summed E-state index contributed by atoms with van der Waals surface area (Å²) in [6, 6.07) is 9.57. The summed E-state index contributed by atoms with van der Waals surface area (Å²) in [5, 5.41) is 2.31. The van der Waals surface area contributed by atoms with Crippen molar-refractivity contribution in [2.75, 3.05) is 6.54 Å². The molecule has 1 aromatic carbocycles. The molecule has 3 aromatic rings. The van der Waals surface area contributed by atoms with Crippen LogP contribution in [0.5, 0.6) is 0 Å². The lowest BCUT2D eigenvalue weighted by Crippen LogP contribution is -2.33. The van der Waals surface area contributed by atoms with E-state index >= 15 is 0 Å². The van der Waals surface area contributed by atoms with Gasteiger partial charge >= 0.3 is 0 Å². The molecule has 0 bridgehead atoms. The van der Waals surface area contributed by atoms with E-state index in [1.54, 1.807) is 28.9 Å². The van der Waals surface area contributed by atoms with Gasteiger partial charge in [-0.2, -0.15) is 0 Å². The molecule has 0 atom stereocenters. The fraction of sp³-hybridized carbons (Fsp3) is 0.167. The Hall–Kier alpha value is -3.13. The molecule has 0 radical (unpaired) electrons. The lowest BCUT2D eigenvalue weighted by molar-refractivity contribution is -0.118. The molecule has 0 unspecified atom stereocenters. The number of primary amides is 1. The highest BCUT2D eigenvalue weighted by molar-refractivity contribution is 7.13. The number of benzene rings is 1. The number of aromatic nitrogens is 3. The normalized spacial score (nSPS) is 10.5. The summed E-state index contributed by atoms with van der Waals surface area (Å²) in [7, 11) is 0. The van der Waals surface area contributed by atoms with Gasteiger partial charge in [0.1, 0.15) is 16.4 Å². The lowest BCUT2D eigenvalue weighted by atomic mass is 10.2. The van der Waals surface area contributed by atoms with Crippen molar-refractivity contribution < 1.29 is 9.59 Å². The Bertz CT molecular complexity index is 883. The number of hydrogen-bond donors (Lipinski definition) is 1. The first-order valence-electron chi connectivity index (χ1n) is 7.97. The van der Waals surface area contributed by atoms with Gasteiger partial charge in [-0.1, -0.05) is 30.3 Å². The number of carbonyl (C=O) groups is 2. The smallest absolute Gasteiger partial charge is 0.273 e. The first-order valence-corrected chi connectivity index (χ1v) is 8.85. The molecule has 0 aliphatic heterocycles. The van der Waals surface area contributed by atoms with Gasteiger partial charge in [0, 0.05) is 37.3 Å². The zero-order chi connectivity index (χ0) is 18.4. The van der Waals surface area contributed by atoms with Crippen LogP contribution in [0.2, 0.25) is 0 Å². The third-order valence-corrected chi connectivity index (χ3v) is 4.50. The number of nitrogens with two attached hydrogens (primary N) is 1. The molecular weight excluding hydrogens is 350 g/mol. The zero-order valence-corrected chi connectivity index (χ0v) is 14.7. The maximum Gasteiger partial charge on any atom is 0.273 e. The molecule has 0 saturated carbocycles. The van der Waals surface area contributed by atoms with Crippen LogP contribution in [0.4, 0.5) is 0 Å².